The predicted molar refractivity (Wildman–Crippen MR) is 151 cm³/mol. The van der Waals surface area contributed by atoms with Crippen molar-refractivity contribution in [2.45, 2.75) is 0 Å². The van der Waals surface area contributed by atoms with Crippen LogP contribution in [0.25, 0.3) is 10.9 Å². The molecule has 1 aromatic heterocycles. The normalized spacial score (nSPS) is 14.3. The van der Waals surface area contributed by atoms with Gasteiger partial charge in [0, 0.05) is 55.3 Å². The van der Waals surface area contributed by atoms with Crippen LogP contribution in [0.2, 0.25) is 0 Å². The highest BCUT2D eigenvalue weighted by atomic mass is 16.7. The van der Waals surface area contributed by atoms with Gasteiger partial charge in [0.1, 0.15) is 5.75 Å². The molecule has 0 radical (unpaired) electrons. The summed E-state index contributed by atoms with van der Waals surface area (Å²) < 4.78 is 9.67. The number of aromatic nitrogens is 1. The van der Waals surface area contributed by atoms with Gasteiger partial charge in [0.15, 0.2) is 5.88 Å². The number of aliphatic hydroxyl groups excluding tert-OH is 1. The molecule has 206 valence electrons. The van der Waals surface area contributed by atoms with Crippen LogP contribution < -0.4 is 4.74 Å². The molecule has 0 bridgehead atoms. The molecule has 0 spiro atoms. The number of ether oxygens (including phenoxy) is 2. The first-order valence-electron chi connectivity index (χ1n) is 12.9. The summed E-state index contributed by atoms with van der Waals surface area (Å²) in [4.78, 5) is 36.4. The van der Waals surface area contributed by atoms with Gasteiger partial charge >= 0.3 is 6.16 Å². The maximum Gasteiger partial charge on any atom is 0.513 e. The Labute approximate surface area is 231 Å². The number of piperazine rings is 1. The number of nitrogens with one attached hydrogen (secondary N) is 1. The molecule has 2 heterocycles. The Balaban J connectivity index is 1.45. The molecular formula is C30H30N4O6. The highest BCUT2D eigenvalue weighted by Crippen LogP contribution is 2.33. The average molecular weight is 543 g/mol. The molecule has 3 N–H and O–H groups in total. The van der Waals surface area contributed by atoms with Crippen molar-refractivity contribution in [2.75, 3.05) is 46.4 Å². The van der Waals surface area contributed by atoms with Gasteiger partial charge in [0.25, 0.3) is 5.91 Å². The molecule has 1 aliphatic heterocycles. The third kappa shape index (κ3) is 5.83. The second-order valence-corrected chi connectivity index (χ2v) is 9.34. The molecular weight excluding hydrogens is 512 g/mol. The Morgan fingerprint density at radius 2 is 1.68 bits per heavy atom. The number of rotatable bonds is 7. The second-order valence-electron chi connectivity index (χ2n) is 9.34. The number of fused-ring (bicyclic) bond motifs is 1. The molecule has 0 unspecified atom stereocenters. The van der Waals surface area contributed by atoms with Gasteiger partial charge in [-0.2, -0.15) is 0 Å². The zero-order valence-electron chi connectivity index (χ0n) is 22.0. The average Bonchev–Trinajstić information content (AvgIpc) is 3.31. The summed E-state index contributed by atoms with van der Waals surface area (Å²) in [5.41, 5.74) is 3.55. The molecule has 1 saturated heterocycles. The lowest BCUT2D eigenvalue weighted by Gasteiger charge is -2.34. The van der Waals surface area contributed by atoms with Crippen molar-refractivity contribution in [3.05, 3.63) is 89.5 Å². The smallest absolute Gasteiger partial charge is 0.494 e. The van der Waals surface area contributed by atoms with E-state index in [1.54, 1.807) is 42.5 Å². The van der Waals surface area contributed by atoms with Gasteiger partial charge in [-0.15, -0.1) is 0 Å². The molecule has 4 aromatic rings. The maximum atomic E-state index is 13.1. The van der Waals surface area contributed by atoms with Crippen LogP contribution in [0.4, 0.5) is 10.5 Å². The van der Waals surface area contributed by atoms with Crippen LogP contribution in [0.15, 0.2) is 77.8 Å². The lowest BCUT2D eigenvalue weighted by molar-refractivity contribution is 0.0615. The Morgan fingerprint density at radius 3 is 2.35 bits per heavy atom. The lowest BCUT2D eigenvalue weighted by Crippen LogP contribution is -2.49. The molecule has 0 aliphatic carbocycles. The number of benzene rings is 3. The number of amides is 1. The van der Waals surface area contributed by atoms with Gasteiger partial charge in [-0.1, -0.05) is 30.3 Å². The number of hydrogen-bond acceptors (Lipinski definition) is 8. The van der Waals surface area contributed by atoms with Gasteiger partial charge in [0.2, 0.25) is 0 Å². The van der Waals surface area contributed by atoms with E-state index < -0.39 is 6.16 Å². The molecule has 1 aliphatic rings. The first-order chi connectivity index (χ1) is 19.5. The van der Waals surface area contributed by atoms with Crippen LogP contribution in [0, 0.1) is 0 Å². The number of carbonyl (C=O) groups excluding carboxylic acids is 2. The fourth-order valence-electron chi connectivity index (χ4n) is 4.77. The molecule has 10 nitrogen and oxygen atoms in total. The monoisotopic (exact) mass is 542 g/mol. The largest absolute Gasteiger partial charge is 0.513 e. The van der Waals surface area contributed by atoms with E-state index in [2.05, 4.69) is 14.6 Å². The first kappa shape index (κ1) is 26.9. The van der Waals surface area contributed by atoms with Crippen LogP contribution in [0.3, 0.4) is 0 Å². The van der Waals surface area contributed by atoms with E-state index in [1.807, 2.05) is 35.2 Å². The maximum absolute atomic E-state index is 13.1. The lowest BCUT2D eigenvalue weighted by atomic mass is 10.0. The number of aromatic hydroxyl groups is 1. The molecule has 0 atom stereocenters. The van der Waals surface area contributed by atoms with Crippen molar-refractivity contribution >= 4 is 34.4 Å². The predicted octanol–water partition coefficient (Wildman–Crippen LogP) is 3.94. The van der Waals surface area contributed by atoms with Crippen LogP contribution in [0.1, 0.15) is 21.5 Å². The van der Waals surface area contributed by atoms with E-state index in [-0.39, 0.29) is 24.1 Å². The molecule has 3 aromatic carbocycles. The van der Waals surface area contributed by atoms with E-state index >= 15 is 0 Å². The van der Waals surface area contributed by atoms with Gasteiger partial charge in [-0.25, -0.2) is 9.79 Å². The van der Waals surface area contributed by atoms with Crippen molar-refractivity contribution < 1.29 is 29.3 Å². The summed E-state index contributed by atoms with van der Waals surface area (Å²) in [7, 11) is 1.23. The fourth-order valence-corrected chi connectivity index (χ4v) is 4.77. The minimum Gasteiger partial charge on any atom is -0.494 e. The van der Waals surface area contributed by atoms with E-state index in [1.165, 1.54) is 7.11 Å². The number of nitrogens with zero attached hydrogens (tertiary/aromatic N) is 3. The third-order valence-electron chi connectivity index (χ3n) is 6.83. The summed E-state index contributed by atoms with van der Waals surface area (Å²) in [5, 5.41) is 20.8. The molecule has 10 heteroatoms. The molecule has 5 rings (SSSR count). The first-order valence-corrected chi connectivity index (χ1v) is 12.9. The Hall–Kier alpha value is -4.67. The standard InChI is InChI=1S/C30H30N4O6/c1-39-30(38)40-23-11-12-24-25(19-23)32-28(36)26(24)27(20-5-3-2-4-6-20)31-22-9-7-21(8-10-22)29(37)34-15-13-33(14-16-34)17-18-35/h2-12,19,32,35-36H,13-18H2,1H3. The topological polar surface area (TPSA) is 128 Å². The number of H-pyrrole nitrogens is 1. The quantitative estimate of drug-likeness (QED) is 0.183. The SMILES string of the molecule is COC(=O)Oc1ccc2c(C(=Nc3ccc(C(=O)N4CCN(CCO)CC4)cc3)c3ccccc3)c(O)[nH]c2c1. The molecule has 40 heavy (non-hydrogen) atoms. The highest BCUT2D eigenvalue weighted by Gasteiger charge is 2.22. The van der Waals surface area contributed by atoms with Gasteiger partial charge in [0.05, 0.1) is 36.2 Å². The van der Waals surface area contributed by atoms with Gasteiger partial charge in [-0.05, 0) is 36.4 Å². The van der Waals surface area contributed by atoms with E-state index in [9.17, 15) is 14.7 Å². The molecule has 1 amide bonds. The Bertz CT molecular complexity index is 1520. The summed E-state index contributed by atoms with van der Waals surface area (Å²) in [6.45, 7) is 3.43. The van der Waals surface area contributed by atoms with Gasteiger partial charge < -0.3 is 29.6 Å². The van der Waals surface area contributed by atoms with Crippen LogP contribution >= 0.6 is 0 Å². The highest BCUT2D eigenvalue weighted by molar-refractivity contribution is 6.22. The fraction of sp³-hybridized carbons (Fsp3) is 0.233. The third-order valence-corrected chi connectivity index (χ3v) is 6.83. The van der Waals surface area contributed by atoms with E-state index in [4.69, 9.17) is 14.8 Å². The molecule has 1 fully saturated rings. The minimum atomic E-state index is -0.840. The summed E-state index contributed by atoms with van der Waals surface area (Å²) in [6.07, 6.45) is -0.840. The van der Waals surface area contributed by atoms with Crippen LogP contribution in [-0.2, 0) is 4.74 Å². The number of aliphatic imine (C=N–C) groups is 1. The van der Waals surface area contributed by atoms with Gasteiger partial charge in [-0.3, -0.25) is 9.69 Å². The van der Waals surface area contributed by atoms with Crippen molar-refractivity contribution in [3.63, 3.8) is 0 Å². The van der Waals surface area contributed by atoms with Crippen LogP contribution in [0.5, 0.6) is 11.6 Å². The van der Waals surface area contributed by atoms with Crippen molar-refractivity contribution in [1.29, 1.82) is 0 Å². The number of carbonyl (C=O) groups is 2. The second kappa shape index (κ2) is 12.0. The summed E-state index contributed by atoms with van der Waals surface area (Å²) in [6, 6.07) is 21.5. The number of β-amino-alcohol motifs (C(OH)–C–C–N with tert-alkyl or cyclic N) is 1. The zero-order chi connectivity index (χ0) is 28.1. The summed E-state index contributed by atoms with van der Waals surface area (Å²) >= 11 is 0. The van der Waals surface area contributed by atoms with Crippen molar-refractivity contribution in [3.8, 4) is 11.6 Å². The zero-order valence-corrected chi connectivity index (χ0v) is 22.0. The Morgan fingerprint density at radius 1 is 0.950 bits per heavy atom. The van der Waals surface area contributed by atoms with E-state index in [0.717, 1.165) is 18.7 Å². The molecule has 0 saturated carbocycles. The minimum absolute atomic E-state index is 0.0401. The number of hydrogen-bond donors (Lipinski definition) is 3. The number of aliphatic hydroxyl groups is 1. The van der Waals surface area contributed by atoms with Crippen molar-refractivity contribution in [1.82, 2.24) is 14.8 Å². The number of aromatic amines is 1. The number of methoxy groups -OCH3 is 1. The Kier molecular flexibility index (Phi) is 8.09. The van der Waals surface area contributed by atoms with Crippen molar-refractivity contribution in [2.24, 2.45) is 4.99 Å². The van der Waals surface area contributed by atoms with E-state index in [0.29, 0.717) is 53.1 Å². The summed E-state index contributed by atoms with van der Waals surface area (Å²) in [5.74, 6) is 0.141. The van der Waals surface area contributed by atoms with Crippen LogP contribution in [-0.4, -0.2) is 89.2 Å².